The number of nitrogens with two attached hydrogens (primary N) is 1. The van der Waals surface area contributed by atoms with Crippen LogP contribution in [0.25, 0.3) is 0 Å². The summed E-state index contributed by atoms with van der Waals surface area (Å²) in [7, 11) is 0. The van der Waals surface area contributed by atoms with Gasteiger partial charge >= 0.3 is 0 Å². The van der Waals surface area contributed by atoms with E-state index in [2.05, 4.69) is 6.92 Å². The van der Waals surface area contributed by atoms with Crippen LogP contribution in [0.1, 0.15) is 32.6 Å². The Morgan fingerprint density at radius 3 is 2.50 bits per heavy atom. The van der Waals surface area contributed by atoms with Crippen LogP contribution in [0.15, 0.2) is 0 Å². The van der Waals surface area contributed by atoms with Gasteiger partial charge in [0.25, 0.3) is 0 Å². The van der Waals surface area contributed by atoms with E-state index in [0.29, 0.717) is 6.04 Å². The average molecular weight is 113 g/mol. The molecule has 1 aliphatic carbocycles. The molecule has 2 N–H and O–H groups in total. The topological polar surface area (TPSA) is 26.0 Å². The molecule has 0 aromatic carbocycles. The van der Waals surface area contributed by atoms with Crippen molar-refractivity contribution in [3.05, 3.63) is 0 Å². The predicted octanol–water partition coefficient (Wildman–Crippen LogP) is 1.52. The van der Waals surface area contributed by atoms with Gasteiger partial charge < -0.3 is 5.73 Å². The fourth-order valence-electron chi connectivity index (χ4n) is 1.57. The van der Waals surface area contributed by atoms with E-state index in [1.165, 1.54) is 25.7 Å². The zero-order valence-electron chi connectivity index (χ0n) is 5.56. The Labute approximate surface area is 51.3 Å². The molecule has 0 amide bonds. The van der Waals surface area contributed by atoms with E-state index in [1.807, 2.05) is 0 Å². The van der Waals surface area contributed by atoms with Gasteiger partial charge in [-0.3, -0.25) is 0 Å². The quantitative estimate of drug-likeness (QED) is 0.548. The Bertz CT molecular complexity index is 70.8. The molecule has 0 unspecified atom stereocenters. The molecule has 0 spiro atoms. The Hall–Kier alpha value is -0.0400. The van der Waals surface area contributed by atoms with Crippen molar-refractivity contribution in [3.63, 3.8) is 0 Å². The molecule has 0 saturated heterocycles. The lowest BCUT2D eigenvalue weighted by Gasteiger charge is -2.10. The van der Waals surface area contributed by atoms with Crippen LogP contribution in [0.5, 0.6) is 0 Å². The molecule has 1 rings (SSSR count). The summed E-state index contributed by atoms with van der Waals surface area (Å²) in [5.74, 6) is 0.843. The van der Waals surface area contributed by atoms with E-state index >= 15 is 0 Å². The Morgan fingerprint density at radius 2 is 2.25 bits per heavy atom. The van der Waals surface area contributed by atoms with Crippen molar-refractivity contribution in [2.45, 2.75) is 38.6 Å². The second-order valence-corrected chi connectivity index (χ2v) is 2.76. The molecule has 0 aromatic rings. The van der Waals surface area contributed by atoms with Gasteiger partial charge in [0.2, 0.25) is 0 Å². The largest absolute Gasteiger partial charge is 0.327 e. The van der Waals surface area contributed by atoms with Gasteiger partial charge in [-0.25, -0.2) is 0 Å². The molecule has 1 aliphatic rings. The first kappa shape index (κ1) is 6.09. The molecule has 0 aliphatic heterocycles. The van der Waals surface area contributed by atoms with Crippen molar-refractivity contribution in [1.82, 2.24) is 0 Å². The van der Waals surface area contributed by atoms with Crippen molar-refractivity contribution in [3.8, 4) is 0 Å². The summed E-state index contributed by atoms with van der Waals surface area (Å²) in [6, 6.07) is 0.528. The van der Waals surface area contributed by atoms with Gasteiger partial charge in [0, 0.05) is 6.04 Å². The normalized spacial score (nSPS) is 38.2. The van der Waals surface area contributed by atoms with Gasteiger partial charge in [0.05, 0.1) is 0 Å². The predicted molar refractivity (Wildman–Crippen MR) is 35.6 cm³/mol. The molecule has 0 heterocycles. The van der Waals surface area contributed by atoms with Gasteiger partial charge in [0.1, 0.15) is 0 Å². The molecule has 48 valence electrons. The van der Waals surface area contributed by atoms with Gasteiger partial charge in [-0.15, -0.1) is 0 Å². The molecule has 1 nitrogen and oxygen atoms in total. The smallest absolute Gasteiger partial charge is 0.00670 e. The van der Waals surface area contributed by atoms with Crippen molar-refractivity contribution in [2.24, 2.45) is 11.7 Å². The third-order valence-corrected chi connectivity index (χ3v) is 2.24. The Kier molecular flexibility index (Phi) is 1.90. The van der Waals surface area contributed by atoms with Crippen molar-refractivity contribution < 1.29 is 0 Å². The maximum Gasteiger partial charge on any atom is 0.00670 e. The van der Waals surface area contributed by atoms with E-state index in [0.717, 1.165) is 5.92 Å². The highest BCUT2D eigenvalue weighted by molar-refractivity contribution is 4.78. The summed E-state index contributed by atoms with van der Waals surface area (Å²) >= 11 is 0. The van der Waals surface area contributed by atoms with Crippen LogP contribution >= 0.6 is 0 Å². The summed E-state index contributed by atoms with van der Waals surface area (Å²) in [5, 5.41) is 0. The van der Waals surface area contributed by atoms with E-state index in [1.54, 1.807) is 0 Å². The summed E-state index contributed by atoms with van der Waals surface area (Å²) in [6.45, 7) is 2.23. The molecule has 0 bridgehead atoms. The SMILES string of the molecule is CC[C@H]1CCC[C@H]1N. The molecule has 8 heavy (non-hydrogen) atoms. The second kappa shape index (κ2) is 2.49. The van der Waals surface area contributed by atoms with Gasteiger partial charge in [-0.2, -0.15) is 0 Å². The first-order valence-electron chi connectivity index (χ1n) is 3.60. The standard InChI is InChI=1S/C7H15N/c1-2-6-4-3-5-7(6)8/h6-7H,2-5,8H2,1H3/t6-,7+/m0/s1. The number of hydrogen-bond acceptors (Lipinski definition) is 1. The van der Waals surface area contributed by atoms with Crippen LogP contribution in [0.4, 0.5) is 0 Å². The van der Waals surface area contributed by atoms with Gasteiger partial charge in [-0.1, -0.05) is 19.8 Å². The summed E-state index contributed by atoms with van der Waals surface area (Å²) in [4.78, 5) is 0. The highest BCUT2D eigenvalue weighted by atomic mass is 14.7. The maximum atomic E-state index is 5.79. The fourth-order valence-corrected chi connectivity index (χ4v) is 1.57. The lowest BCUT2D eigenvalue weighted by Crippen LogP contribution is -2.23. The molecular weight excluding hydrogens is 98.1 g/mol. The molecule has 0 radical (unpaired) electrons. The summed E-state index contributed by atoms with van der Waals surface area (Å²) < 4.78 is 0. The number of rotatable bonds is 1. The van der Waals surface area contributed by atoms with E-state index in [4.69, 9.17) is 5.73 Å². The molecule has 1 heteroatoms. The van der Waals surface area contributed by atoms with Crippen molar-refractivity contribution in [2.75, 3.05) is 0 Å². The fraction of sp³-hybridized carbons (Fsp3) is 1.00. The third kappa shape index (κ3) is 1.03. The molecule has 2 atom stereocenters. The number of hydrogen-bond donors (Lipinski definition) is 1. The first-order valence-corrected chi connectivity index (χ1v) is 3.60. The highest BCUT2D eigenvalue weighted by Gasteiger charge is 2.21. The average Bonchev–Trinajstić information content (AvgIpc) is 2.14. The third-order valence-electron chi connectivity index (χ3n) is 2.24. The minimum atomic E-state index is 0.528. The van der Waals surface area contributed by atoms with Crippen LogP contribution in [-0.2, 0) is 0 Å². The minimum Gasteiger partial charge on any atom is -0.327 e. The second-order valence-electron chi connectivity index (χ2n) is 2.76. The molecule has 1 fully saturated rings. The zero-order chi connectivity index (χ0) is 5.98. The summed E-state index contributed by atoms with van der Waals surface area (Å²) in [5.41, 5.74) is 5.79. The lowest BCUT2D eigenvalue weighted by atomic mass is 10.0. The Balaban J connectivity index is 2.30. The van der Waals surface area contributed by atoms with Gasteiger partial charge in [-0.05, 0) is 18.8 Å². The van der Waals surface area contributed by atoms with E-state index < -0.39 is 0 Å². The van der Waals surface area contributed by atoms with Crippen LogP contribution < -0.4 is 5.73 Å². The minimum absolute atomic E-state index is 0.528. The first-order chi connectivity index (χ1) is 3.84. The van der Waals surface area contributed by atoms with Gasteiger partial charge in [0.15, 0.2) is 0 Å². The van der Waals surface area contributed by atoms with Crippen LogP contribution in [-0.4, -0.2) is 6.04 Å². The van der Waals surface area contributed by atoms with E-state index in [9.17, 15) is 0 Å². The molecular formula is C7H15N. The van der Waals surface area contributed by atoms with Crippen molar-refractivity contribution >= 4 is 0 Å². The molecule has 1 saturated carbocycles. The maximum absolute atomic E-state index is 5.79. The lowest BCUT2D eigenvalue weighted by molar-refractivity contribution is 0.467. The Morgan fingerprint density at radius 1 is 1.50 bits per heavy atom. The monoisotopic (exact) mass is 113 g/mol. The highest BCUT2D eigenvalue weighted by Crippen LogP contribution is 2.25. The van der Waals surface area contributed by atoms with Crippen molar-refractivity contribution in [1.29, 1.82) is 0 Å². The molecule has 0 aromatic heterocycles. The summed E-state index contributed by atoms with van der Waals surface area (Å²) in [6.07, 6.45) is 5.27. The van der Waals surface area contributed by atoms with E-state index in [-0.39, 0.29) is 0 Å². The zero-order valence-corrected chi connectivity index (χ0v) is 5.56. The van der Waals surface area contributed by atoms with Crippen LogP contribution in [0, 0.1) is 5.92 Å². The van der Waals surface area contributed by atoms with Crippen LogP contribution in [0.2, 0.25) is 0 Å². The van der Waals surface area contributed by atoms with Crippen LogP contribution in [0.3, 0.4) is 0 Å².